The third-order valence-corrected chi connectivity index (χ3v) is 7.20. The Morgan fingerprint density at radius 2 is 1.80 bits per heavy atom. The number of nitrogens with zero attached hydrogens (tertiary/aromatic N) is 2. The third kappa shape index (κ3) is 5.22. The molecule has 2 heterocycles. The van der Waals surface area contributed by atoms with Crippen LogP contribution >= 0.6 is 0 Å². The number of aliphatic carboxylic acids is 1. The van der Waals surface area contributed by atoms with Gasteiger partial charge in [0.25, 0.3) is 0 Å². The van der Waals surface area contributed by atoms with Gasteiger partial charge in [0.1, 0.15) is 0 Å². The zero-order valence-corrected chi connectivity index (χ0v) is 21.8. The average Bonchev–Trinajstić information content (AvgIpc) is 3.44. The van der Waals surface area contributed by atoms with Crippen molar-refractivity contribution in [3.05, 3.63) is 94.7 Å². The second-order valence-corrected chi connectivity index (χ2v) is 10.3. The van der Waals surface area contributed by atoms with E-state index in [1.165, 1.54) is 11.1 Å². The first-order valence-corrected chi connectivity index (χ1v) is 12.6. The van der Waals surface area contributed by atoms with Gasteiger partial charge in [-0.2, -0.15) is 18.3 Å². The Hall–Kier alpha value is -4.44. The summed E-state index contributed by atoms with van der Waals surface area (Å²) < 4.78 is 31.7. The summed E-state index contributed by atoms with van der Waals surface area (Å²) in [6.07, 6.45) is -0.0799. The van der Waals surface area contributed by atoms with Crippen LogP contribution in [0.1, 0.15) is 40.3 Å². The predicted octanol–water partition coefficient (Wildman–Crippen LogP) is 5.81. The van der Waals surface area contributed by atoms with Gasteiger partial charge in [-0.05, 0) is 61.0 Å². The first kappa shape index (κ1) is 27.1. The smallest absolute Gasteiger partial charge is 0.475 e. The fourth-order valence-corrected chi connectivity index (χ4v) is 5.23. The Kier molecular flexibility index (Phi) is 6.97. The van der Waals surface area contributed by atoms with Crippen LogP contribution in [0, 0.1) is 0 Å². The van der Waals surface area contributed by atoms with E-state index in [2.05, 4.69) is 95.2 Å². The lowest BCUT2D eigenvalue weighted by atomic mass is 9.92. The zero-order valence-electron chi connectivity index (χ0n) is 21.8. The van der Waals surface area contributed by atoms with Crippen molar-refractivity contribution in [2.24, 2.45) is 0 Å². The van der Waals surface area contributed by atoms with Gasteiger partial charge in [-0.1, -0.05) is 60.7 Å². The first-order valence-electron chi connectivity index (χ1n) is 12.6. The number of carboxylic acid groups (broad SMARTS) is 1. The molecule has 1 aliphatic heterocycles. The molecule has 2 aliphatic rings. The van der Waals surface area contributed by atoms with Crippen LogP contribution in [0.3, 0.4) is 0 Å². The van der Waals surface area contributed by atoms with Crippen molar-refractivity contribution < 1.29 is 27.9 Å². The maximum Gasteiger partial charge on any atom is 0.490 e. The highest BCUT2D eigenvalue weighted by atomic mass is 19.4. The molecular weight excluding hydrogens is 521 g/mol. The number of halogens is 3. The Balaban J connectivity index is 0.000000411. The lowest BCUT2D eigenvalue weighted by Gasteiger charge is -2.09. The molecule has 1 aromatic heterocycles. The fourth-order valence-electron chi connectivity index (χ4n) is 5.23. The van der Waals surface area contributed by atoms with Gasteiger partial charge < -0.3 is 15.3 Å². The molecule has 10 heteroatoms. The summed E-state index contributed by atoms with van der Waals surface area (Å²) in [4.78, 5) is 23.9. The quantitative estimate of drug-likeness (QED) is 0.293. The Bertz CT molecular complexity index is 1610. The predicted molar refractivity (Wildman–Crippen MR) is 147 cm³/mol. The number of alkyl halides is 3. The molecule has 2 atom stereocenters. The molecule has 206 valence electrons. The molecule has 4 aromatic rings. The third-order valence-electron chi connectivity index (χ3n) is 7.20. The molecule has 1 saturated carbocycles. The summed E-state index contributed by atoms with van der Waals surface area (Å²) in [6, 6.07) is 23.1. The highest BCUT2D eigenvalue weighted by Crippen LogP contribution is 2.64. The molecule has 1 spiro atoms. The molecule has 3 N–H and O–H groups in total. The number of nitrogens with one attached hydrogen (secondary N) is 2. The van der Waals surface area contributed by atoms with Gasteiger partial charge >= 0.3 is 12.1 Å². The van der Waals surface area contributed by atoms with Crippen LogP contribution in [0.25, 0.3) is 23.1 Å². The van der Waals surface area contributed by atoms with E-state index in [1.807, 2.05) is 18.2 Å². The molecule has 0 bridgehead atoms. The van der Waals surface area contributed by atoms with Gasteiger partial charge in [0.2, 0.25) is 5.91 Å². The molecule has 0 unspecified atom stereocenters. The van der Waals surface area contributed by atoms with Gasteiger partial charge in [0, 0.05) is 23.5 Å². The van der Waals surface area contributed by atoms with E-state index >= 15 is 0 Å². The topological polar surface area (TPSA) is 98.3 Å². The maximum absolute atomic E-state index is 12.8. The minimum atomic E-state index is -5.08. The number of hydrogen-bond donors (Lipinski definition) is 3. The molecule has 3 aromatic carbocycles. The van der Waals surface area contributed by atoms with Crippen LogP contribution in [0.4, 0.5) is 18.9 Å². The molecule has 1 fully saturated rings. The highest BCUT2D eigenvalue weighted by molar-refractivity contribution is 6.09. The summed E-state index contributed by atoms with van der Waals surface area (Å²) in [5.74, 6) is -2.43. The van der Waals surface area contributed by atoms with Crippen molar-refractivity contribution in [3.8, 4) is 0 Å². The molecule has 1 amide bonds. The largest absolute Gasteiger partial charge is 0.490 e. The monoisotopic (exact) mass is 548 g/mol. The van der Waals surface area contributed by atoms with Crippen LogP contribution < -0.4 is 5.32 Å². The summed E-state index contributed by atoms with van der Waals surface area (Å²) in [5.41, 5.74) is 7.23. The number of amides is 1. The molecule has 40 heavy (non-hydrogen) atoms. The second-order valence-electron chi connectivity index (χ2n) is 10.3. The average molecular weight is 549 g/mol. The first-order chi connectivity index (χ1) is 19.0. The van der Waals surface area contributed by atoms with E-state index < -0.39 is 17.6 Å². The van der Waals surface area contributed by atoms with Crippen LogP contribution in [-0.2, 0) is 21.5 Å². The highest BCUT2D eigenvalue weighted by Gasteiger charge is 2.65. The van der Waals surface area contributed by atoms with E-state index in [4.69, 9.17) is 9.90 Å². The van der Waals surface area contributed by atoms with E-state index in [-0.39, 0.29) is 11.8 Å². The van der Waals surface area contributed by atoms with Gasteiger partial charge in [0.05, 0.1) is 16.6 Å². The number of H-pyrrole nitrogens is 1. The molecule has 0 radical (unpaired) electrons. The van der Waals surface area contributed by atoms with Gasteiger partial charge in [-0.3, -0.25) is 9.89 Å². The van der Waals surface area contributed by atoms with Crippen LogP contribution in [0.15, 0.2) is 66.7 Å². The maximum atomic E-state index is 12.8. The minimum absolute atomic E-state index is 0.124. The summed E-state index contributed by atoms with van der Waals surface area (Å²) in [5, 5.41) is 19.0. The number of para-hydroxylation sites is 1. The second kappa shape index (κ2) is 10.3. The summed E-state index contributed by atoms with van der Waals surface area (Å²) >= 11 is 0. The number of carbonyl (C=O) groups is 2. The molecule has 1 aliphatic carbocycles. The molecule has 0 saturated heterocycles. The number of anilines is 1. The summed E-state index contributed by atoms with van der Waals surface area (Å²) in [6.45, 7) is 0.936. The van der Waals surface area contributed by atoms with Crippen molar-refractivity contribution in [1.29, 1.82) is 0 Å². The van der Waals surface area contributed by atoms with E-state index in [1.54, 1.807) is 0 Å². The number of carboxylic acids is 1. The Labute approximate surface area is 228 Å². The lowest BCUT2D eigenvalue weighted by Crippen LogP contribution is -2.21. The summed E-state index contributed by atoms with van der Waals surface area (Å²) in [7, 11) is 4.15. The van der Waals surface area contributed by atoms with E-state index in [0.717, 1.165) is 46.4 Å². The van der Waals surface area contributed by atoms with Gasteiger partial charge in [-0.25, -0.2) is 4.79 Å². The normalized spacial score (nSPS) is 19.6. The SMILES string of the molecule is CN(C)Cc1ccc(/C=C/c2n[nH]c3cc([C@H]4C[C@]45C(=O)Nc4ccccc45)ccc23)cc1.O=C(O)C(F)(F)F. The Morgan fingerprint density at radius 1 is 1.10 bits per heavy atom. The number of aromatic amines is 1. The van der Waals surface area contributed by atoms with Crippen molar-refractivity contribution in [1.82, 2.24) is 15.1 Å². The standard InChI is InChI=1S/C28H26N4O.C2HF3O2/c1-32(2)17-19-9-7-18(8-10-19)11-14-24-21-13-12-20(15-26(21)31-30-24)23-16-28(23)22-5-3-4-6-25(22)29-27(28)33;3-2(4,5)1(6)7/h3-15,23H,16-17H2,1-2H3,(H,29,33)(H,30,31);(H,6,7)/b14-11+;/t23-,28-;/m1./s1. The lowest BCUT2D eigenvalue weighted by molar-refractivity contribution is -0.192. The van der Waals surface area contributed by atoms with Crippen molar-refractivity contribution in [2.45, 2.75) is 30.5 Å². The minimum Gasteiger partial charge on any atom is -0.475 e. The number of hydrogen-bond acceptors (Lipinski definition) is 4. The molecule has 7 nitrogen and oxygen atoms in total. The van der Waals surface area contributed by atoms with E-state index in [9.17, 15) is 18.0 Å². The van der Waals surface area contributed by atoms with Crippen LogP contribution in [-0.4, -0.2) is 52.4 Å². The van der Waals surface area contributed by atoms with Gasteiger partial charge in [0.15, 0.2) is 0 Å². The Morgan fingerprint density at radius 3 is 2.48 bits per heavy atom. The number of benzene rings is 3. The van der Waals surface area contributed by atoms with Crippen molar-refractivity contribution in [2.75, 3.05) is 19.4 Å². The zero-order chi connectivity index (χ0) is 28.7. The fraction of sp³-hybridized carbons (Fsp3) is 0.233. The van der Waals surface area contributed by atoms with Crippen molar-refractivity contribution >= 4 is 40.6 Å². The number of rotatable bonds is 5. The van der Waals surface area contributed by atoms with Crippen LogP contribution in [0.5, 0.6) is 0 Å². The molecule has 6 rings (SSSR count). The number of fused-ring (bicyclic) bond motifs is 3. The number of carbonyl (C=O) groups excluding carboxylic acids is 1. The van der Waals surface area contributed by atoms with Crippen LogP contribution in [0.2, 0.25) is 0 Å². The van der Waals surface area contributed by atoms with E-state index in [0.29, 0.717) is 0 Å². The molecular formula is C30H27F3N4O3. The number of aromatic nitrogens is 2. The van der Waals surface area contributed by atoms with Gasteiger partial charge in [-0.15, -0.1) is 0 Å². The van der Waals surface area contributed by atoms with Crippen molar-refractivity contribution in [3.63, 3.8) is 0 Å².